The van der Waals surface area contributed by atoms with E-state index >= 15 is 0 Å². The molecule has 2 N–H and O–H groups in total. The lowest BCUT2D eigenvalue weighted by Gasteiger charge is -2.17. The van der Waals surface area contributed by atoms with Gasteiger partial charge in [0.05, 0.1) is 5.69 Å². The Morgan fingerprint density at radius 1 is 1.00 bits per heavy atom. The van der Waals surface area contributed by atoms with Crippen LogP contribution in [0.5, 0.6) is 0 Å². The summed E-state index contributed by atoms with van der Waals surface area (Å²) in [5.41, 5.74) is 4.79. The Labute approximate surface area is 177 Å². The summed E-state index contributed by atoms with van der Waals surface area (Å²) in [7, 11) is 0. The van der Waals surface area contributed by atoms with Gasteiger partial charge in [-0.3, -0.25) is 0 Å². The van der Waals surface area contributed by atoms with Gasteiger partial charge in [0.1, 0.15) is 12.6 Å². The van der Waals surface area contributed by atoms with Crippen molar-refractivity contribution >= 4 is 23.7 Å². The maximum absolute atomic E-state index is 12.3. The average molecular weight is 424 g/mol. The minimum Gasteiger partial charge on any atom is -0.480 e. The summed E-state index contributed by atoms with van der Waals surface area (Å²) in [6, 6.07) is 17.8. The molecule has 1 unspecified atom stereocenters. The molecule has 0 spiro atoms. The molecule has 1 aromatic heterocycles. The number of benzene rings is 2. The Morgan fingerprint density at radius 3 is 2.20 bits per heavy atom. The normalized spacial score (nSPS) is 13.2. The summed E-state index contributed by atoms with van der Waals surface area (Å²) in [6.45, 7) is 0.104. The predicted molar refractivity (Wildman–Crippen MR) is 110 cm³/mol. The van der Waals surface area contributed by atoms with Crippen LogP contribution in [0, 0.1) is 0 Å². The highest BCUT2D eigenvalue weighted by Crippen LogP contribution is 2.44. The van der Waals surface area contributed by atoms with Crippen molar-refractivity contribution < 1.29 is 19.4 Å². The number of halogens is 1. The third-order valence-electron chi connectivity index (χ3n) is 5.03. The molecule has 1 amide bonds. The molecule has 8 heteroatoms. The minimum atomic E-state index is -1.20. The van der Waals surface area contributed by atoms with E-state index in [0.29, 0.717) is 5.69 Å². The van der Waals surface area contributed by atoms with Gasteiger partial charge in [-0.1, -0.05) is 60.1 Å². The van der Waals surface area contributed by atoms with Crippen molar-refractivity contribution in [2.75, 3.05) is 6.61 Å². The van der Waals surface area contributed by atoms with E-state index in [1.54, 1.807) is 6.07 Å². The molecule has 0 bridgehead atoms. The van der Waals surface area contributed by atoms with E-state index < -0.39 is 18.1 Å². The number of carboxylic acid groups (broad SMARTS) is 1. The van der Waals surface area contributed by atoms with Gasteiger partial charge in [-0.25, -0.2) is 9.59 Å². The van der Waals surface area contributed by atoms with E-state index in [0.717, 1.165) is 22.3 Å². The van der Waals surface area contributed by atoms with Crippen molar-refractivity contribution in [2.45, 2.75) is 18.4 Å². The maximum atomic E-state index is 12.3. The van der Waals surface area contributed by atoms with E-state index in [-0.39, 0.29) is 24.1 Å². The second-order valence-electron chi connectivity index (χ2n) is 6.91. The summed E-state index contributed by atoms with van der Waals surface area (Å²) >= 11 is 5.69. The van der Waals surface area contributed by atoms with Crippen LogP contribution in [-0.4, -0.2) is 40.0 Å². The fourth-order valence-electron chi connectivity index (χ4n) is 3.64. The van der Waals surface area contributed by atoms with Gasteiger partial charge in [0, 0.05) is 12.3 Å². The molecule has 30 heavy (non-hydrogen) atoms. The number of fused-ring (bicyclic) bond motifs is 3. The number of rotatable bonds is 6. The highest BCUT2D eigenvalue weighted by Gasteiger charge is 2.29. The number of nitrogens with zero attached hydrogens (tertiary/aromatic N) is 2. The molecular formula is C22H18ClN3O4. The Morgan fingerprint density at radius 2 is 1.63 bits per heavy atom. The molecule has 0 fully saturated rings. The van der Waals surface area contributed by atoms with E-state index in [1.807, 2.05) is 48.5 Å². The number of nitrogens with one attached hydrogen (secondary N) is 1. The monoisotopic (exact) mass is 423 g/mol. The van der Waals surface area contributed by atoms with Gasteiger partial charge < -0.3 is 15.2 Å². The van der Waals surface area contributed by atoms with Gasteiger partial charge in [0.15, 0.2) is 5.15 Å². The predicted octanol–water partition coefficient (Wildman–Crippen LogP) is 3.66. The molecule has 0 saturated carbocycles. The van der Waals surface area contributed by atoms with Crippen LogP contribution in [0.1, 0.15) is 22.7 Å². The van der Waals surface area contributed by atoms with Gasteiger partial charge in [-0.05, 0) is 34.4 Å². The summed E-state index contributed by atoms with van der Waals surface area (Å²) < 4.78 is 5.41. The molecule has 2 aromatic carbocycles. The van der Waals surface area contributed by atoms with Gasteiger partial charge in [-0.15, -0.1) is 5.10 Å². The first kappa shape index (κ1) is 19.8. The highest BCUT2D eigenvalue weighted by atomic mass is 35.5. The molecule has 4 rings (SSSR count). The number of aliphatic carboxylic acids is 1. The lowest BCUT2D eigenvalue weighted by molar-refractivity contribution is -0.139. The SMILES string of the molecule is O=C(NC(Cc1ccc(Cl)nn1)C(=O)O)OCC1c2ccccc2-c2ccccc21. The highest BCUT2D eigenvalue weighted by molar-refractivity contribution is 6.29. The number of hydrogen-bond acceptors (Lipinski definition) is 5. The number of carbonyl (C=O) groups excluding carboxylic acids is 1. The topological polar surface area (TPSA) is 101 Å². The first-order chi connectivity index (χ1) is 14.5. The third-order valence-corrected chi connectivity index (χ3v) is 5.24. The minimum absolute atomic E-state index is 0.0380. The van der Waals surface area contributed by atoms with Gasteiger partial charge in [-0.2, -0.15) is 5.10 Å². The molecule has 0 saturated heterocycles. The van der Waals surface area contributed by atoms with Crippen LogP contribution in [0.15, 0.2) is 60.7 Å². The molecule has 7 nitrogen and oxygen atoms in total. The van der Waals surface area contributed by atoms with Gasteiger partial charge in [0.25, 0.3) is 0 Å². The van der Waals surface area contributed by atoms with E-state index in [9.17, 15) is 14.7 Å². The Bertz CT molecular complexity index is 1040. The van der Waals surface area contributed by atoms with E-state index in [1.165, 1.54) is 6.07 Å². The molecule has 1 aliphatic rings. The van der Waals surface area contributed by atoms with Crippen LogP contribution < -0.4 is 5.32 Å². The second kappa shape index (κ2) is 8.51. The zero-order valence-electron chi connectivity index (χ0n) is 15.8. The van der Waals surface area contributed by atoms with Crippen molar-refractivity contribution in [1.82, 2.24) is 15.5 Å². The fourth-order valence-corrected chi connectivity index (χ4v) is 3.74. The van der Waals surface area contributed by atoms with E-state index in [2.05, 4.69) is 15.5 Å². The number of alkyl carbamates (subject to hydrolysis) is 1. The number of amides is 1. The van der Waals surface area contributed by atoms with Crippen LogP contribution in [0.25, 0.3) is 11.1 Å². The molecule has 1 atom stereocenters. The molecule has 1 aliphatic carbocycles. The molecular weight excluding hydrogens is 406 g/mol. The third kappa shape index (κ3) is 4.11. The molecule has 0 aliphatic heterocycles. The van der Waals surface area contributed by atoms with Gasteiger partial charge >= 0.3 is 12.1 Å². The van der Waals surface area contributed by atoms with Gasteiger partial charge in [0.2, 0.25) is 0 Å². The van der Waals surface area contributed by atoms with Crippen molar-refractivity contribution in [3.8, 4) is 11.1 Å². The molecule has 3 aromatic rings. The number of carboxylic acids is 1. The Kier molecular flexibility index (Phi) is 5.63. The number of carbonyl (C=O) groups is 2. The number of ether oxygens (including phenoxy) is 1. The van der Waals surface area contributed by atoms with Crippen LogP contribution >= 0.6 is 11.6 Å². The van der Waals surface area contributed by atoms with Crippen molar-refractivity contribution in [2.24, 2.45) is 0 Å². The van der Waals surface area contributed by atoms with Crippen molar-refractivity contribution in [3.05, 3.63) is 82.6 Å². The largest absolute Gasteiger partial charge is 0.480 e. The fraction of sp³-hybridized carbons (Fsp3) is 0.182. The summed E-state index contributed by atoms with van der Waals surface area (Å²) in [5.74, 6) is -1.30. The quantitative estimate of drug-likeness (QED) is 0.627. The summed E-state index contributed by atoms with van der Waals surface area (Å²) in [4.78, 5) is 23.9. The Balaban J connectivity index is 1.43. The van der Waals surface area contributed by atoms with Crippen LogP contribution in [-0.2, 0) is 16.0 Å². The molecule has 152 valence electrons. The Hall–Kier alpha value is -3.45. The number of hydrogen-bond donors (Lipinski definition) is 2. The van der Waals surface area contributed by atoms with Crippen LogP contribution in [0.3, 0.4) is 0 Å². The standard InChI is InChI=1S/C22H18ClN3O4/c23-20-10-9-13(25-26-20)11-19(21(27)28)24-22(29)30-12-18-16-7-3-1-5-14(16)15-6-2-4-8-17(15)18/h1-10,18-19H,11-12H2,(H,24,29)(H,27,28). The molecule has 0 radical (unpaired) electrons. The second-order valence-corrected chi connectivity index (χ2v) is 7.30. The smallest absolute Gasteiger partial charge is 0.407 e. The summed E-state index contributed by atoms with van der Waals surface area (Å²) in [6.07, 6.45) is -0.838. The van der Waals surface area contributed by atoms with Crippen LogP contribution in [0.4, 0.5) is 4.79 Å². The molecule has 1 heterocycles. The zero-order valence-corrected chi connectivity index (χ0v) is 16.5. The summed E-state index contributed by atoms with van der Waals surface area (Å²) in [5, 5.41) is 19.5. The lowest BCUT2D eigenvalue weighted by atomic mass is 9.98. The van der Waals surface area contributed by atoms with Crippen LogP contribution in [0.2, 0.25) is 5.15 Å². The van der Waals surface area contributed by atoms with Crippen molar-refractivity contribution in [3.63, 3.8) is 0 Å². The zero-order chi connectivity index (χ0) is 21.1. The first-order valence-electron chi connectivity index (χ1n) is 9.35. The maximum Gasteiger partial charge on any atom is 0.407 e. The number of aromatic nitrogens is 2. The van der Waals surface area contributed by atoms with E-state index in [4.69, 9.17) is 16.3 Å². The average Bonchev–Trinajstić information content (AvgIpc) is 3.07. The van der Waals surface area contributed by atoms with Crippen molar-refractivity contribution in [1.29, 1.82) is 0 Å². The first-order valence-corrected chi connectivity index (χ1v) is 9.73. The lowest BCUT2D eigenvalue weighted by Crippen LogP contribution is -2.43.